The number of carbonyl (C=O) groups is 3. The van der Waals surface area contributed by atoms with Crippen molar-refractivity contribution in [3.63, 3.8) is 0 Å². The molecule has 5 rings (SSSR count). The number of carboxylic acid groups (broad SMARTS) is 1. The van der Waals surface area contributed by atoms with E-state index in [4.69, 9.17) is 9.47 Å². The fourth-order valence-electron chi connectivity index (χ4n) is 7.61. The topological polar surface area (TPSA) is 217 Å². The number of ether oxygens (including phenoxy) is 2. The number of carbonyl (C=O) groups excluding carboxylic acids is 2. The van der Waals surface area contributed by atoms with E-state index in [2.05, 4.69) is 25.4 Å². The molecule has 3 saturated heterocycles. The molecule has 0 radical (unpaired) electrons. The van der Waals surface area contributed by atoms with E-state index in [0.717, 1.165) is 24.5 Å². The number of aliphatic hydroxyl groups excluding tert-OH is 3. The van der Waals surface area contributed by atoms with Crippen LogP contribution in [0.2, 0.25) is 0 Å². The van der Waals surface area contributed by atoms with Crippen LogP contribution in [0.15, 0.2) is 30.5 Å². The van der Waals surface area contributed by atoms with Crippen LogP contribution in [0, 0.1) is 13.8 Å². The molecule has 52 heavy (non-hydrogen) atoms. The number of aryl methyl sites for hydroxylation is 2. The summed E-state index contributed by atoms with van der Waals surface area (Å²) in [5.41, 5.74) is -0.199. The van der Waals surface area contributed by atoms with E-state index in [1.807, 2.05) is 31.1 Å². The van der Waals surface area contributed by atoms with Gasteiger partial charge in [0, 0.05) is 90.1 Å². The van der Waals surface area contributed by atoms with E-state index in [0.29, 0.717) is 37.4 Å². The van der Waals surface area contributed by atoms with Crippen molar-refractivity contribution in [2.24, 2.45) is 0 Å². The number of aliphatic hydroxyl groups is 3. The second-order valence-corrected chi connectivity index (χ2v) is 14.6. The number of aliphatic carboxylic acids is 1. The number of aromatic hydroxyl groups is 1. The summed E-state index contributed by atoms with van der Waals surface area (Å²) in [5.74, 6) is -1.60. The molecular formula is C36H52N6O10. The molecule has 3 fully saturated rings. The summed E-state index contributed by atoms with van der Waals surface area (Å²) in [6.45, 7) is 7.05. The number of phenols is 1. The van der Waals surface area contributed by atoms with Crippen molar-refractivity contribution in [2.75, 3.05) is 69.8 Å². The van der Waals surface area contributed by atoms with E-state index in [1.165, 1.54) is 19.1 Å². The van der Waals surface area contributed by atoms with Gasteiger partial charge in [-0.05, 0) is 49.6 Å². The van der Waals surface area contributed by atoms with Gasteiger partial charge in [0.1, 0.15) is 23.8 Å². The number of nitrogens with one attached hydrogen (secondary N) is 2. The molecule has 0 bridgehead atoms. The fourth-order valence-corrected chi connectivity index (χ4v) is 7.61. The van der Waals surface area contributed by atoms with Gasteiger partial charge in [-0.15, -0.1) is 0 Å². The maximum absolute atomic E-state index is 13.0. The van der Waals surface area contributed by atoms with Crippen LogP contribution in [0.4, 0.5) is 11.5 Å². The highest BCUT2D eigenvalue weighted by molar-refractivity contribution is 5.95. The Kier molecular flexibility index (Phi) is 12.0. The van der Waals surface area contributed by atoms with E-state index in [1.54, 1.807) is 20.0 Å². The van der Waals surface area contributed by atoms with E-state index < -0.39 is 65.9 Å². The number of hydrogen-bond acceptors (Lipinski definition) is 13. The van der Waals surface area contributed by atoms with Gasteiger partial charge >= 0.3 is 5.97 Å². The molecule has 16 heteroatoms. The first-order chi connectivity index (χ1) is 24.6. The number of morpholine rings is 1. The molecule has 1 aromatic heterocycles. The van der Waals surface area contributed by atoms with Crippen LogP contribution in [-0.2, 0) is 19.1 Å². The highest BCUT2D eigenvalue weighted by atomic mass is 16.6. The Morgan fingerprint density at radius 2 is 1.85 bits per heavy atom. The third kappa shape index (κ3) is 8.27. The molecule has 1 aromatic carbocycles. The second-order valence-electron chi connectivity index (χ2n) is 14.6. The van der Waals surface area contributed by atoms with Crippen LogP contribution in [0.25, 0.3) is 0 Å². The predicted molar refractivity (Wildman–Crippen MR) is 191 cm³/mol. The average Bonchev–Trinajstić information content (AvgIpc) is 3.53. The van der Waals surface area contributed by atoms with Crippen molar-refractivity contribution in [3.05, 3.63) is 47.2 Å². The molecule has 7 atom stereocenters. The Labute approximate surface area is 303 Å². The van der Waals surface area contributed by atoms with Crippen LogP contribution < -0.4 is 20.4 Å². The van der Waals surface area contributed by atoms with Gasteiger partial charge in [0.25, 0.3) is 5.91 Å². The molecule has 3 aliphatic heterocycles. The van der Waals surface area contributed by atoms with Gasteiger partial charge in [-0.1, -0.05) is 0 Å². The van der Waals surface area contributed by atoms with Gasteiger partial charge < -0.3 is 55.4 Å². The largest absolute Gasteiger partial charge is 0.507 e. The van der Waals surface area contributed by atoms with E-state index >= 15 is 0 Å². The first-order valence-corrected chi connectivity index (χ1v) is 17.6. The Morgan fingerprint density at radius 1 is 1.13 bits per heavy atom. The van der Waals surface area contributed by atoms with Crippen molar-refractivity contribution in [1.82, 2.24) is 20.5 Å². The van der Waals surface area contributed by atoms with E-state index in [-0.39, 0.29) is 30.7 Å². The van der Waals surface area contributed by atoms with Crippen molar-refractivity contribution in [2.45, 2.75) is 81.6 Å². The van der Waals surface area contributed by atoms with Crippen molar-refractivity contribution in [1.29, 1.82) is 0 Å². The highest BCUT2D eigenvalue weighted by Gasteiger charge is 2.55. The number of carboxylic acids is 1. The predicted octanol–water partition coefficient (Wildman–Crippen LogP) is -0.229. The minimum absolute atomic E-state index is 0.0585. The lowest BCUT2D eigenvalue weighted by molar-refractivity contribution is -0.231. The highest BCUT2D eigenvalue weighted by Crippen LogP contribution is 2.38. The zero-order valence-corrected chi connectivity index (χ0v) is 30.4. The minimum Gasteiger partial charge on any atom is -0.507 e. The van der Waals surface area contributed by atoms with Gasteiger partial charge in [-0.2, -0.15) is 0 Å². The molecule has 0 saturated carbocycles. The maximum Gasteiger partial charge on any atom is 0.336 e. The summed E-state index contributed by atoms with van der Waals surface area (Å²) in [4.78, 5) is 49.1. The molecule has 7 N–H and O–H groups in total. The monoisotopic (exact) mass is 728 g/mol. The first kappa shape index (κ1) is 39.2. The lowest BCUT2D eigenvalue weighted by atomic mass is 9.81. The van der Waals surface area contributed by atoms with Crippen LogP contribution in [-0.4, -0.2) is 155 Å². The normalized spacial score (nSPS) is 27.6. The smallest absolute Gasteiger partial charge is 0.336 e. The molecule has 16 nitrogen and oxygen atoms in total. The molecule has 0 unspecified atom stereocenters. The van der Waals surface area contributed by atoms with Gasteiger partial charge in [0.2, 0.25) is 5.91 Å². The molecule has 4 heterocycles. The van der Waals surface area contributed by atoms with Crippen molar-refractivity contribution >= 4 is 29.3 Å². The first-order valence-electron chi connectivity index (χ1n) is 17.6. The SMILES string of the molecule is CC(=O)N[C@H]1[C@H]([C@H](O)[C@H](O)CNC(=O)c2cc(C)c(O)c(C)c2)O[C@@](CCN2CCOC[C@@]23CCN(c2cc(N(C)C)ccn2)C3)(C(=O)O)C[C@@H]1O. The van der Waals surface area contributed by atoms with Gasteiger partial charge in [0.15, 0.2) is 5.60 Å². The number of amides is 2. The molecule has 2 amide bonds. The summed E-state index contributed by atoms with van der Waals surface area (Å²) in [7, 11) is 3.93. The van der Waals surface area contributed by atoms with Gasteiger partial charge in [-0.25, -0.2) is 9.78 Å². The summed E-state index contributed by atoms with van der Waals surface area (Å²) >= 11 is 0. The number of benzene rings is 1. The van der Waals surface area contributed by atoms with Crippen molar-refractivity contribution in [3.8, 4) is 5.75 Å². The molecule has 3 aliphatic rings. The average molecular weight is 729 g/mol. The minimum atomic E-state index is -1.98. The number of pyridine rings is 1. The van der Waals surface area contributed by atoms with Gasteiger partial charge in [0.05, 0.1) is 37.0 Å². The Bertz CT molecular complexity index is 1600. The third-order valence-corrected chi connectivity index (χ3v) is 10.6. The number of phenolic OH excluding ortho intramolecular Hbond substituents is 1. The van der Waals surface area contributed by atoms with Crippen LogP contribution in [0.1, 0.15) is 47.7 Å². The summed E-state index contributed by atoms with van der Waals surface area (Å²) in [6.07, 6.45) is -4.43. The Balaban J connectivity index is 1.31. The second kappa shape index (κ2) is 15.9. The number of hydrogen-bond donors (Lipinski definition) is 7. The Morgan fingerprint density at radius 3 is 2.50 bits per heavy atom. The maximum atomic E-state index is 13.0. The van der Waals surface area contributed by atoms with Crippen LogP contribution in [0.5, 0.6) is 5.75 Å². The Hall–Kier alpha value is -4.06. The van der Waals surface area contributed by atoms with Crippen molar-refractivity contribution < 1.29 is 49.4 Å². The molecule has 0 aliphatic carbocycles. The number of rotatable bonds is 12. The van der Waals surface area contributed by atoms with Crippen LogP contribution in [0.3, 0.4) is 0 Å². The lowest BCUT2D eigenvalue weighted by Crippen LogP contribution is -2.68. The number of nitrogens with zero attached hydrogens (tertiary/aromatic N) is 4. The zero-order valence-electron chi connectivity index (χ0n) is 30.4. The summed E-state index contributed by atoms with van der Waals surface area (Å²) in [5, 5.41) is 59.5. The van der Waals surface area contributed by atoms with E-state index in [9.17, 15) is 39.9 Å². The standard InChI is InChI=1S/C36H52N6O10/c1-21-14-24(15-22(2)30(21)46)33(48)38-18-27(45)31(47)32-29(39-23(3)43)26(44)17-36(52-32,34(49)50)8-11-42-12-13-51-20-35(42)7-10-41(19-35)28-16-25(40(4)5)6-9-37-28/h6,9,14-16,26-27,29,31-32,44-47H,7-8,10-13,17-20H2,1-5H3,(H,38,48)(H,39,43)(H,49,50)/t26-,27+,29+,31+,32+,35-,36+/m0/s1. The number of aromatic nitrogens is 1. The fraction of sp³-hybridized carbons (Fsp3) is 0.611. The number of anilines is 2. The zero-order chi connectivity index (χ0) is 38.0. The molecule has 1 spiro atoms. The quantitative estimate of drug-likeness (QED) is 0.150. The molecule has 2 aromatic rings. The van der Waals surface area contributed by atoms with Crippen LogP contribution >= 0.6 is 0 Å². The third-order valence-electron chi connectivity index (χ3n) is 10.6. The lowest BCUT2D eigenvalue weighted by Gasteiger charge is -2.49. The van der Waals surface area contributed by atoms with Gasteiger partial charge in [-0.3, -0.25) is 14.5 Å². The summed E-state index contributed by atoms with van der Waals surface area (Å²) in [6, 6.07) is 5.67. The molecule has 286 valence electrons. The summed E-state index contributed by atoms with van der Waals surface area (Å²) < 4.78 is 12.1. The molecular weight excluding hydrogens is 676 g/mol.